The predicted octanol–water partition coefficient (Wildman–Crippen LogP) is 14.4. The molecule has 4 aromatic heterocycles. The van der Waals surface area contributed by atoms with E-state index in [4.69, 9.17) is 15.0 Å². The summed E-state index contributed by atoms with van der Waals surface area (Å²) in [7, 11) is 0. The lowest BCUT2D eigenvalue weighted by Gasteiger charge is -2.09. The van der Waals surface area contributed by atoms with Gasteiger partial charge in [0.25, 0.3) is 0 Å². The monoisotopic (exact) mass is 762 g/mol. The molecule has 0 amide bonds. The topological polar surface area (TPSA) is 43.6 Å². The summed E-state index contributed by atoms with van der Waals surface area (Å²) in [6, 6.07) is 65.0. The Labute approximate surface area is 335 Å². The summed E-state index contributed by atoms with van der Waals surface area (Å²) in [5.41, 5.74) is 8.98. The fourth-order valence-electron chi connectivity index (χ4n) is 8.35. The highest BCUT2D eigenvalue weighted by molar-refractivity contribution is 7.26. The highest BCUT2D eigenvalue weighted by Crippen LogP contribution is 2.43. The highest BCUT2D eigenvalue weighted by atomic mass is 32.1. The van der Waals surface area contributed by atoms with Crippen molar-refractivity contribution in [2.24, 2.45) is 0 Å². The van der Waals surface area contributed by atoms with E-state index in [0.29, 0.717) is 17.5 Å². The molecule has 0 saturated heterocycles. The number of fused-ring (bicyclic) bond motifs is 9. The van der Waals surface area contributed by atoms with Crippen LogP contribution in [0.3, 0.4) is 0 Å². The molecule has 0 bridgehead atoms. The number of hydrogen-bond donors (Lipinski definition) is 0. The normalized spacial score (nSPS) is 11.9. The summed E-state index contributed by atoms with van der Waals surface area (Å²) in [5, 5.41) is 7.57. The van der Waals surface area contributed by atoms with E-state index in [9.17, 15) is 0 Å². The first-order chi connectivity index (χ1) is 28.2. The average molecular weight is 763 g/mol. The number of thiophene rings is 2. The number of hydrogen-bond acceptors (Lipinski definition) is 5. The zero-order valence-corrected chi connectivity index (χ0v) is 32.1. The van der Waals surface area contributed by atoms with Crippen molar-refractivity contribution in [1.29, 1.82) is 0 Å². The van der Waals surface area contributed by atoms with Crippen LogP contribution in [0.25, 0.3) is 113 Å². The molecular weight excluding hydrogens is 733 g/mol. The van der Waals surface area contributed by atoms with Gasteiger partial charge in [0.05, 0.1) is 21.4 Å². The minimum atomic E-state index is 0.663. The van der Waals surface area contributed by atoms with E-state index in [1.807, 2.05) is 83.3 Å². The van der Waals surface area contributed by atoms with Crippen molar-refractivity contribution in [3.63, 3.8) is 0 Å². The van der Waals surface area contributed by atoms with Crippen molar-refractivity contribution in [3.05, 3.63) is 182 Å². The van der Waals surface area contributed by atoms with E-state index in [1.54, 1.807) is 0 Å². The lowest BCUT2D eigenvalue weighted by Crippen LogP contribution is -2.00. The number of para-hydroxylation sites is 2. The summed E-state index contributed by atoms with van der Waals surface area (Å²) >= 11 is 3.70. The van der Waals surface area contributed by atoms with Gasteiger partial charge in [0, 0.05) is 63.1 Å². The van der Waals surface area contributed by atoms with Crippen LogP contribution in [0.4, 0.5) is 0 Å². The highest BCUT2D eigenvalue weighted by Gasteiger charge is 2.18. The minimum absolute atomic E-state index is 0.663. The van der Waals surface area contributed by atoms with Gasteiger partial charge in [0.2, 0.25) is 0 Å². The molecule has 6 heteroatoms. The molecule has 4 nitrogen and oxygen atoms in total. The van der Waals surface area contributed by atoms with Gasteiger partial charge in [0.15, 0.2) is 17.5 Å². The second kappa shape index (κ2) is 12.8. The van der Waals surface area contributed by atoms with Crippen molar-refractivity contribution in [3.8, 4) is 51.0 Å². The van der Waals surface area contributed by atoms with Crippen LogP contribution in [-0.2, 0) is 0 Å². The van der Waals surface area contributed by atoms with Crippen molar-refractivity contribution in [2.75, 3.05) is 0 Å². The maximum Gasteiger partial charge on any atom is 0.164 e. The Balaban J connectivity index is 0.976. The number of benzene rings is 8. The van der Waals surface area contributed by atoms with Crippen LogP contribution in [0.15, 0.2) is 182 Å². The molecular formula is C51H30N4S2. The number of rotatable bonds is 5. The van der Waals surface area contributed by atoms with E-state index < -0.39 is 0 Å². The Bertz CT molecular complexity index is 3410. The van der Waals surface area contributed by atoms with E-state index in [-0.39, 0.29) is 0 Å². The van der Waals surface area contributed by atoms with Crippen LogP contribution in [-0.4, -0.2) is 19.5 Å². The van der Waals surface area contributed by atoms with Gasteiger partial charge in [0.1, 0.15) is 0 Å². The molecule has 4 heterocycles. The molecule has 0 aliphatic rings. The lowest BCUT2D eigenvalue weighted by atomic mass is 10.0. The minimum Gasteiger partial charge on any atom is -0.308 e. The third kappa shape index (κ3) is 5.22. The maximum atomic E-state index is 5.02. The Morgan fingerprint density at radius 1 is 0.316 bits per heavy atom. The van der Waals surface area contributed by atoms with Crippen molar-refractivity contribution in [1.82, 2.24) is 19.5 Å². The fraction of sp³-hybridized carbons (Fsp3) is 0. The second-order valence-electron chi connectivity index (χ2n) is 14.4. The van der Waals surface area contributed by atoms with Gasteiger partial charge in [-0.1, -0.05) is 127 Å². The van der Waals surface area contributed by atoms with Gasteiger partial charge >= 0.3 is 0 Å². The smallest absolute Gasteiger partial charge is 0.164 e. The molecule has 0 N–H and O–H groups in total. The zero-order chi connectivity index (χ0) is 37.5. The molecule has 0 radical (unpaired) electrons. The van der Waals surface area contributed by atoms with Crippen LogP contribution >= 0.6 is 22.7 Å². The number of nitrogens with zero attached hydrogens (tertiary/aromatic N) is 4. The van der Waals surface area contributed by atoms with Crippen LogP contribution in [0.2, 0.25) is 0 Å². The molecule has 266 valence electrons. The van der Waals surface area contributed by atoms with Crippen molar-refractivity contribution in [2.45, 2.75) is 0 Å². The lowest BCUT2D eigenvalue weighted by molar-refractivity contribution is 1.07. The number of aromatic nitrogens is 4. The average Bonchev–Trinajstić information content (AvgIpc) is 3.95. The van der Waals surface area contributed by atoms with Gasteiger partial charge in [-0.3, -0.25) is 0 Å². The van der Waals surface area contributed by atoms with E-state index in [0.717, 1.165) is 16.7 Å². The third-order valence-electron chi connectivity index (χ3n) is 11.1. The van der Waals surface area contributed by atoms with Gasteiger partial charge in [-0.15, -0.1) is 22.7 Å². The summed E-state index contributed by atoms with van der Waals surface area (Å²) in [5.74, 6) is 1.99. The molecule has 12 aromatic rings. The molecule has 12 rings (SSSR count). The molecule has 0 fully saturated rings. The van der Waals surface area contributed by atoms with Crippen LogP contribution in [0, 0.1) is 0 Å². The summed E-state index contributed by atoms with van der Waals surface area (Å²) < 4.78 is 7.52. The molecule has 0 atom stereocenters. The predicted molar refractivity (Wildman–Crippen MR) is 242 cm³/mol. The van der Waals surface area contributed by atoms with Gasteiger partial charge in [-0.25, -0.2) is 15.0 Å². The molecule has 0 aliphatic heterocycles. The van der Waals surface area contributed by atoms with Crippen LogP contribution in [0.1, 0.15) is 0 Å². The Morgan fingerprint density at radius 3 is 1.47 bits per heavy atom. The molecule has 8 aromatic carbocycles. The van der Waals surface area contributed by atoms with Crippen LogP contribution < -0.4 is 0 Å². The van der Waals surface area contributed by atoms with Gasteiger partial charge < -0.3 is 4.57 Å². The molecule has 0 saturated carbocycles. The standard InChI is InChI=1S/C51H30N4S2/c1-3-12-31(13-4-1)49-52-50(32-14-5-2-6-15-32)54-51(53-49)35-24-27-46-41(29-35)40-28-33(23-26-45(40)56-46)34-22-25-38-39-18-11-21-44(48(39)57-47(38)30-34)55-42-19-9-7-16-36(42)37-17-8-10-20-43(37)55/h1-30H. The summed E-state index contributed by atoms with van der Waals surface area (Å²) in [6.07, 6.45) is 0. The Hall–Kier alpha value is -6.99. The third-order valence-corrected chi connectivity index (χ3v) is 13.4. The first kappa shape index (κ1) is 32.3. The van der Waals surface area contributed by atoms with Gasteiger partial charge in [-0.2, -0.15) is 0 Å². The molecule has 0 unspecified atom stereocenters. The fourth-order valence-corrected chi connectivity index (χ4v) is 10.7. The molecule has 57 heavy (non-hydrogen) atoms. The van der Waals surface area contributed by atoms with E-state index in [1.165, 1.54) is 79.0 Å². The summed E-state index contributed by atoms with van der Waals surface area (Å²) in [4.78, 5) is 14.9. The first-order valence-electron chi connectivity index (χ1n) is 19.0. The van der Waals surface area contributed by atoms with Crippen LogP contribution in [0.5, 0.6) is 0 Å². The Kier molecular flexibility index (Phi) is 7.24. The maximum absolute atomic E-state index is 5.02. The Morgan fingerprint density at radius 2 is 0.825 bits per heavy atom. The van der Waals surface area contributed by atoms with Crippen molar-refractivity contribution < 1.29 is 0 Å². The molecule has 0 spiro atoms. The zero-order valence-electron chi connectivity index (χ0n) is 30.4. The quantitative estimate of drug-likeness (QED) is 0.175. The van der Waals surface area contributed by atoms with Crippen molar-refractivity contribution >= 4 is 84.8 Å². The van der Waals surface area contributed by atoms with Gasteiger partial charge in [-0.05, 0) is 65.7 Å². The SMILES string of the molecule is c1ccc(-c2nc(-c3ccccc3)nc(-c3ccc4sc5ccc(-c6ccc7c(c6)sc6c(-n8c9ccccc9c9ccccc98)cccc67)cc5c4c3)n2)cc1. The summed E-state index contributed by atoms with van der Waals surface area (Å²) in [6.45, 7) is 0. The second-order valence-corrected chi connectivity index (χ2v) is 16.5. The largest absolute Gasteiger partial charge is 0.308 e. The molecule has 0 aliphatic carbocycles. The van der Waals surface area contributed by atoms with E-state index >= 15 is 0 Å². The first-order valence-corrected chi connectivity index (χ1v) is 20.6. The van der Waals surface area contributed by atoms with E-state index in [2.05, 4.69) is 126 Å².